The molecular weight excluding hydrogens is 620 g/mol. The molecule has 0 heterocycles. The molecule has 1 N–H and O–H groups in total. The number of hydrogen-bond donors (Lipinski definition) is 1. The van der Waals surface area contributed by atoms with Gasteiger partial charge in [0.25, 0.3) is 0 Å². The number of aliphatic hydroxyl groups is 1. The summed E-state index contributed by atoms with van der Waals surface area (Å²) in [6, 6.07) is 8.53. The third-order valence-electron chi connectivity index (χ3n) is 10.8. The zero-order valence-electron chi connectivity index (χ0n) is 28.6. The Bertz CT molecular complexity index is 1450. The quantitative estimate of drug-likeness (QED) is 0.250. The van der Waals surface area contributed by atoms with Crippen molar-refractivity contribution in [2.24, 2.45) is 29.1 Å². The molecule has 0 saturated heterocycles. The number of allylic oxidation sites excluding steroid dienone is 3. The molecule has 10 heteroatoms. The molecule has 0 radical (unpaired) electrons. The van der Waals surface area contributed by atoms with Crippen LogP contribution in [0.5, 0.6) is 0 Å². The molecule has 3 aliphatic carbocycles. The summed E-state index contributed by atoms with van der Waals surface area (Å²) in [7, 11) is -1.32. The van der Waals surface area contributed by atoms with E-state index < -0.39 is 45.7 Å². The van der Waals surface area contributed by atoms with Crippen molar-refractivity contribution >= 4 is 22.1 Å². The average molecular weight is 673 g/mol. The summed E-state index contributed by atoms with van der Waals surface area (Å²) < 4.78 is 48.6. The summed E-state index contributed by atoms with van der Waals surface area (Å²) in [4.78, 5) is 24.1. The van der Waals surface area contributed by atoms with Gasteiger partial charge >= 0.3 is 12.3 Å². The molecule has 0 amide bonds. The highest BCUT2D eigenvalue weighted by molar-refractivity contribution is 7.92. The lowest BCUT2D eigenvalue weighted by atomic mass is 9.60. The molecular formula is C37H52O9S. The topological polar surface area (TPSA) is 125 Å². The third kappa shape index (κ3) is 8.13. The SMILES string of the molecule is C=C1/C(=C\C=C2/CCC[C@]3(C)[C@@H]([C@H](C)C(C(O)CC(C)C)S(=O)(=O)c4ccccc4)CC[C@@H]23)C[C@@H](OC(=O)OC)C[C@@H]1OC(=O)OC. The number of ether oxygens (including phenoxy) is 4. The Balaban J connectivity index is 1.63. The summed E-state index contributed by atoms with van der Waals surface area (Å²) in [5.41, 5.74) is 2.59. The highest BCUT2D eigenvalue weighted by Gasteiger charge is 2.54. The van der Waals surface area contributed by atoms with E-state index in [0.717, 1.165) is 37.7 Å². The van der Waals surface area contributed by atoms with E-state index in [-0.39, 0.29) is 40.4 Å². The standard InChI is InChI=1S/C37H52O9S/c1-23(2)20-32(38)34(47(41,42)29-13-9-8-10-14-29)25(4)30-17-18-31-26(12-11-19-37(30,31)5)15-16-27-21-28(45-35(39)43-6)22-33(24(27)3)46-36(40)44-7/h8-10,13-16,23,25,28,30-34,38H,3,11-12,17-22H2,1-2,4-7H3/b26-15+,27-16-/t25-,28+,30+,31-,32?,33-,34?,37+/m0/s1. The minimum Gasteiger partial charge on any atom is -0.438 e. The molecule has 1 aromatic carbocycles. The molecule has 8 atom stereocenters. The van der Waals surface area contributed by atoms with Crippen molar-refractivity contribution in [3.63, 3.8) is 0 Å². The van der Waals surface area contributed by atoms with E-state index in [9.17, 15) is 23.1 Å². The lowest BCUT2D eigenvalue weighted by molar-refractivity contribution is -0.00303. The highest BCUT2D eigenvalue weighted by Crippen LogP contribution is 2.60. The van der Waals surface area contributed by atoms with Gasteiger partial charge in [0.05, 0.1) is 30.5 Å². The predicted molar refractivity (Wildman–Crippen MR) is 179 cm³/mol. The number of aliphatic hydroxyl groups excluding tert-OH is 1. The summed E-state index contributed by atoms with van der Waals surface area (Å²) in [5, 5.41) is 10.6. The van der Waals surface area contributed by atoms with Crippen LogP contribution in [0.3, 0.4) is 0 Å². The van der Waals surface area contributed by atoms with Crippen molar-refractivity contribution in [1.82, 2.24) is 0 Å². The van der Waals surface area contributed by atoms with Crippen LogP contribution in [0.4, 0.5) is 9.59 Å². The number of sulfone groups is 1. The second-order valence-electron chi connectivity index (χ2n) is 14.1. The van der Waals surface area contributed by atoms with Crippen LogP contribution in [0.2, 0.25) is 0 Å². The van der Waals surface area contributed by atoms with E-state index in [1.807, 2.05) is 26.8 Å². The number of fused-ring (bicyclic) bond motifs is 1. The van der Waals surface area contributed by atoms with Crippen molar-refractivity contribution < 1.29 is 42.1 Å². The first-order valence-electron chi connectivity index (χ1n) is 16.8. The van der Waals surface area contributed by atoms with Crippen LogP contribution in [-0.2, 0) is 28.8 Å². The van der Waals surface area contributed by atoms with E-state index >= 15 is 0 Å². The average Bonchev–Trinajstić information content (AvgIpc) is 3.39. The molecule has 3 fully saturated rings. The fraction of sp³-hybridized carbons (Fsp3) is 0.622. The van der Waals surface area contributed by atoms with Gasteiger partial charge in [0.1, 0.15) is 12.2 Å². The molecule has 3 saturated carbocycles. The van der Waals surface area contributed by atoms with Gasteiger partial charge in [-0.2, -0.15) is 0 Å². The molecule has 0 bridgehead atoms. The number of hydrogen-bond acceptors (Lipinski definition) is 9. The van der Waals surface area contributed by atoms with Gasteiger partial charge < -0.3 is 24.1 Å². The van der Waals surface area contributed by atoms with Crippen molar-refractivity contribution in [1.29, 1.82) is 0 Å². The monoisotopic (exact) mass is 672 g/mol. The van der Waals surface area contributed by atoms with Gasteiger partial charge in [0, 0.05) is 12.8 Å². The van der Waals surface area contributed by atoms with Crippen LogP contribution < -0.4 is 0 Å². The Hall–Kier alpha value is -3.11. The van der Waals surface area contributed by atoms with E-state index in [1.54, 1.807) is 30.3 Å². The van der Waals surface area contributed by atoms with Crippen LogP contribution in [0.15, 0.2) is 70.7 Å². The maximum absolute atomic E-state index is 14.2. The van der Waals surface area contributed by atoms with Crippen LogP contribution >= 0.6 is 0 Å². The van der Waals surface area contributed by atoms with Gasteiger partial charge in [0.15, 0.2) is 9.84 Å². The number of carbonyl (C=O) groups is 2. The summed E-state index contributed by atoms with van der Waals surface area (Å²) >= 11 is 0. The van der Waals surface area contributed by atoms with E-state index in [2.05, 4.69) is 19.6 Å². The lowest BCUT2D eigenvalue weighted by Gasteiger charge is -2.46. The molecule has 0 aliphatic heterocycles. The molecule has 0 spiro atoms. The Morgan fingerprint density at radius 1 is 1.04 bits per heavy atom. The van der Waals surface area contributed by atoms with Crippen LogP contribution in [-0.4, -0.2) is 63.6 Å². The van der Waals surface area contributed by atoms with Gasteiger partial charge in [0.2, 0.25) is 0 Å². The maximum atomic E-state index is 14.2. The van der Waals surface area contributed by atoms with Crippen molar-refractivity contribution in [3.8, 4) is 0 Å². The predicted octanol–water partition coefficient (Wildman–Crippen LogP) is 7.59. The van der Waals surface area contributed by atoms with Crippen LogP contribution in [0.1, 0.15) is 79.1 Å². The molecule has 1 aromatic rings. The fourth-order valence-corrected chi connectivity index (χ4v) is 10.7. The Morgan fingerprint density at radius 2 is 1.70 bits per heavy atom. The third-order valence-corrected chi connectivity index (χ3v) is 13.2. The van der Waals surface area contributed by atoms with Gasteiger partial charge in [-0.25, -0.2) is 18.0 Å². The molecule has 9 nitrogen and oxygen atoms in total. The van der Waals surface area contributed by atoms with E-state index in [0.29, 0.717) is 18.4 Å². The zero-order valence-corrected chi connectivity index (χ0v) is 29.5. The Kier molecular flexibility index (Phi) is 12.0. The normalized spacial score (nSPS) is 30.0. The molecule has 47 heavy (non-hydrogen) atoms. The van der Waals surface area contributed by atoms with Gasteiger partial charge in [-0.05, 0) is 90.9 Å². The first kappa shape index (κ1) is 36.7. The highest BCUT2D eigenvalue weighted by atomic mass is 32.2. The molecule has 3 aliphatic rings. The molecule has 0 aromatic heterocycles. The Morgan fingerprint density at radius 3 is 2.34 bits per heavy atom. The maximum Gasteiger partial charge on any atom is 0.508 e. The van der Waals surface area contributed by atoms with E-state index in [4.69, 9.17) is 18.9 Å². The molecule has 4 rings (SSSR count). The number of benzene rings is 1. The summed E-state index contributed by atoms with van der Waals surface area (Å²) in [6.45, 7) is 12.5. The summed E-state index contributed by atoms with van der Waals surface area (Å²) in [6.07, 6.45) is 5.96. The van der Waals surface area contributed by atoms with Crippen LogP contribution in [0, 0.1) is 29.1 Å². The molecule has 260 valence electrons. The fourth-order valence-electron chi connectivity index (χ4n) is 8.58. The van der Waals surface area contributed by atoms with Gasteiger partial charge in [-0.3, -0.25) is 0 Å². The first-order chi connectivity index (χ1) is 22.2. The van der Waals surface area contributed by atoms with Crippen molar-refractivity contribution in [2.45, 2.75) is 108 Å². The van der Waals surface area contributed by atoms with Crippen molar-refractivity contribution in [3.05, 3.63) is 65.8 Å². The van der Waals surface area contributed by atoms with E-state index in [1.165, 1.54) is 19.8 Å². The first-order valence-corrected chi connectivity index (χ1v) is 18.3. The number of methoxy groups -OCH3 is 2. The molecule has 2 unspecified atom stereocenters. The van der Waals surface area contributed by atoms with Gasteiger partial charge in [-0.1, -0.05) is 70.2 Å². The van der Waals surface area contributed by atoms with Gasteiger partial charge in [-0.15, -0.1) is 0 Å². The smallest absolute Gasteiger partial charge is 0.438 e. The Labute approximate surface area is 280 Å². The number of rotatable bonds is 10. The number of carbonyl (C=O) groups excluding carboxylic acids is 2. The van der Waals surface area contributed by atoms with Crippen molar-refractivity contribution in [2.75, 3.05) is 14.2 Å². The minimum absolute atomic E-state index is 0.106. The lowest BCUT2D eigenvalue weighted by Crippen LogP contribution is -2.46. The summed E-state index contributed by atoms with van der Waals surface area (Å²) in [5.74, 6) is 0.255. The zero-order chi connectivity index (χ0) is 34.5. The van der Waals surface area contributed by atoms with Crippen LogP contribution in [0.25, 0.3) is 0 Å². The second kappa shape index (κ2) is 15.4. The second-order valence-corrected chi connectivity index (χ2v) is 16.2. The largest absolute Gasteiger partial charge is 0.508 e. The minimum atomic E-state index is -3.80.